The van der Waals surface area contributed by atoms with Crippen molar-refractivity contribution in [3.05, 3.63) is 64.0 Å². The summed E-state index contributed by atoms with van der Waals surface area (Å²) in [5, 5.41) is 13.4. The van der Waals surface area contributed by atoms with Crippen LogP contribution in [-0.2, 0) is 6.54 Å². The zero-order valence-electron chi connectivity index (χ0n) is 11.9. The van der Waals surface area contributed by atoms with Crippen LogP contribution in [-0.4, -0.2) is 15.8 Å². The third-order valence-electron chi connectivity index (χ3n) is 3.15. The van der Waals surface area contributed by atoms with Gasteiger partial charge in [0.1, 0.15) is 5.52 Å². The van der Waals surface area contributed by atoms with E-state index in [1.165, 1.54) is 12.1 Å². The van der Waals surface area contributed by atoms with Gasteiger partial charge >= 0.3 is 0 Å². The molecule has 0 aliphatic rings. The molecule has 0 spiro atoms. The first-order chi connectivity index (χ1) is 11.0. The van der Waals surface area contributed by atoms with Crippen LogP contribution >= 0.6 is 0 Å². The zero-order chi connectivity index (χ0) is 16.4. The number of carbonyl (C=O) groups is 1. The fraction of sp³-hybridized carbons (Fsp3) is 0.0667. The first kappa shape index (κ1) is 14.5. The number of amides is 1. The topological polar surface area (TPSA) is 124 Å². The Morgan fingerprint density at radius 2 is 2.09 bits per heavy atom. The van der Waals surface area contributed by atoms with Crippen LogP contribution in [0.15, 0.2) is 46.9 Å². The van der Waals surface area contributed by atoms with Gasteiger partial charge in [0.25, 0.3) is 11.6 Å². The number of nitrogens with zero attached hydrogens (tertiary/aromatic N) is 2. The van der Waals surface area contributed by atoms with Gasteiger partial charge in [0.05, 0.1) is 11.5 Å². The van der Waals surface area contributed by atoms with E-state index >= 15 is 0 Å². The molecule has 1 aromatic heterocycles. The second-order valence-corrected chi connectivity index (χ2v) is 4.83. The van der Waals surface area contributed by atoms with Gasteiger partial charge in [0, 0.05) is 23.4 Å². The van der Waals surface area contributed by atoms with Gasteiger partial charge in [-0.2, -0.15) is 0 Å². The van der Waals surface area contributed by atoms with Crippen molar-refractivity contribution in [1.82, 2.24) is 10.3 Å². The first-order valence-electron chi connectivity index (χ1n) is 6.70. The molecule has 0 saturated carbocycles. The van der Waals surface area contributed by atoms with Gasteiger partial charge in [-0.15, -0.1) is 0 Å². The number of nitro benzene ring substituents is 1. The summed E-state index contributed by atoms with van der Waals surface area (Å²) in [5.74, 6) is -0.152. The van der Waals surface area contributed by atoms with Gasteiger partial charge in [-0.3, -0.25) is 14.9 Å². The molecule has 0 fully saturated rings. The molecular weight excluding hydrogens is 300 g/mol. The van der Waals surface area contributed by atoms with Crippen LogP contribution in [0.5, 0.6) is 0 Å². The van der Waals surface area contributed by atoms with Crippen LogP contribution in [0.4, 0.5) is 11.4 Å². The Kier molecular flexibility index (Phi) is 3.63. The summed E-state index contributed by atoms with van der Waals surface area (Å²) >= 11 is 0. The number of para-hydroxylation sites is 2. The molecule has 1 heterocycles. The van der Waals surface area contributed by atoms with E-state index in [9.17, 15) is 14.9 Å². The predicted octanol–water partition coefficient (Wildman–Crippen LogP) is 2.25. The van der Waals surface area contributed by atoms with Crippen molar-refractivity contribution >= 4 is 28.4 Å². The number of hydrogen-bond donors (Lipinski definition) is 2. The van der Waals surface area contributed by atoms with Gasteiger partial charge in [0.2, 0.25) is 5.89 Å². The second-order valence-electron chi connectivity index (χ2n) is 4.83. The van der Waals surface area contributed by atoms with Crippen molar-refractivity contribution in [3.8, 4) is 0 Å². The Morgan fingerprint density at radius 3 is 2.83 bits per heavy atom. The van der Waals surface area contributed by atoms with E-state index in [-0.39, 0.29) is 23.5 Å². The van der Waals surface area contributed by atoms with Crippen LogP contribution in [0, 0.1) is 10.1 Å². The lowest BCUT2D eigenvalue weighted by Crippen LogP contribution is -2.23. The molecule has 0 unspecified atom stereocenters. The summed E-state index contributed by atoms with van der Waals surface area (Å²) < 4.78 is 5.48. The number of oxazole rings is 1. The van der Waals surface area contributed by atoms with E-state index in [0.29, 0.717) is 17.0 Å². The number of non-ortho nitro benzene ring substituents is 1. The number of benzene rings is 2. The Balaban J connectivity index is 1.75. The second kappa shape index (κ2) is 5.76. The van der Waals surface area contributed by atoms with Crippen molar-refractivity contribution in [2.45, 2.75) is 6.54 Å². The molecule has 0 aliphatic heterocycles. The van der Waals surface area contributed by atoms with E-state index in [4.69, 9.17) is 10.2 Å². The number of anilines is 1. The molecule has 8 heteroatoms. The Bertz CT molecular complexity index is 870. The maximum atomic E-state index is 12.1. The molecule has 116 valence electrons. The van der Waals surface area contributed by atoms with Crippen molar-refractivity contribution < 1.29 is 14.1 Å². The molecule has 2 aromatic carbocycles. The summed E-state index contributed by atoms with van der Waals surface area (Å²) in [6.07, 6.45) is 0. The van der Waals surface area contributed by atoms with Crippen molar-refractivity contribution in [1.29, 1.82) is 0 Å². The number of hydrogen-bond acceptors (Lipinski definition) is 6. The third-order valence-corrected chi connectivity index (χ3v) is 3.15. The Morgan fingerprint density at radius 1 is 1.30 bits per heavy atom. The molecule has 0 saturated heterocycles. The molecule has 0 radical (unpaired) electrons. The number of carbonyl (C=O) groups excluding carboxylic acids is 1. The molecule has 8 nitrogen and oxygen atoms in total. The van der Waals surface area contributed by atoms with Gasteiger partial charge in [-0.25, -0.2) is 4.98 Å². The van der Waals surface area contributed by atoms with Gasteiger partial charge in [-0.1, -0.05) is 12.1 Å². The predicted molar refractivity (Wildman–Crippen MR) is 82.7 cm³/mol. The number of aromatic nitrogens is 1. The summed E-state index contributed by atoms with van der Waals surface area (Å²) in [6, 6.07) is 10.9. The van der Waals surface area contributed by atoms with Gasteiger partial charge in [-0.05, 0) is 18.2 Å². The number of nitrogens with two attached hydrogens (primary N) is 1. The lowest BCUT2D eigenvalue weighted by Gasteiger charge is -2.04. The summed E-state index contributed by atoms with van der Waals surface area (Å²) in [7, 11) is 0. The summed E-state index contributed by atoms with van der Waals surface area (Å²) in [5.41, 5.74) is 6.90. The highest BCUT2D eigenvalue weighted by Gasteiger charge is 2.14. The summed E-state index contributed by atoms with van der Waals surface area (Å²) in [4.78, 5) is 26.5. The van der Waals surface area contributed by atoms with Crippen LogP contribution < -0.4 is 11.1 Å². The van der Waals surface area contributed by atoms with Gasteiger partial charge < -0.3 is 15.5 Å². The van der Waals surface area contributed by atoms with E-state index < -0.39 is 10.8 Å². The van der Waals surface area contributed by atoms with E-state index in [2.05, 4.69) is 10.3 Å². The van der Waals surface area contributed by atoms with Gasteiger partial charge in [0.15, 0.2) is 5.58 Å². The first-order valence-corrected chi connectivity index (χ1v) is 6.70. The molecule has 3 rings (SSSR count). The maximum Gasteiger partial charge on any atom is 0.272 e. The van der Waals surface area contributed by atoms with Crippen LogP contribution in [0.25, 0.3) is 11.1 Å². The molecule has 3 N–H and O–H groups in total. The minimum Gasteiger partial charge on any atom is -0.439 e. The number of rotatable bonds is 4. The fourth-order valence-electron chi connectivity index (χ4n) is 2.12. The fourth-order valence-corrected chi connectivity index (χ4v) is 2.12. The Labute approximate surface area is 130 Å². The average Bonchev–Trinajstić information content (AvgIpc) is 2.94. The average molecular weight is 312 g/mol. The highest BCUT2D eigenvalue weighted by Crippen LogP contribution is 2.19. The van der Waals surface area contributed by atoms with E-state index in [0.717, 1.165) is 6.07 Å². The van der Waals surface area contributed by atoms with E-state index in [1.807, 2.05) is 12.1 Å². The van der Waals surface area contributed by atoms with Crippen LogP contribution in [0.3, 0.4) is 0 Å². The lowest BCUT2D eigenvalue weighted by molar-refractivity contribution is -0.384. The summed E-state index contributed by atoms with van der Waals surface area (Å²) in [6.45, 7) is 0.0656. The number of nitro groups is 1. The monoisotopic (exact) mass is 312 g/mol. The van der Waals surface area contributed by atoms with Crippen molar-refractivity contribution in [2.75, 3.05) is 5.73 Å². The lowest BCUT2D eigenvalue weighted by atomic mass is 10.1. The third kappa shape index (κ3) is 3.10. The zero-order valence-corrected chi connectivity index (χ0v) is 11.9. The number of fused-ring (bicyclic) bond motifs is 1. The molecule has 0 bridgehead atoms. The highest BCUT2D eigenvalue weighted by molar-refractivity contribution is 5.95. The normalized spacial score (nSPS) is 10.6. The molecule has 0 atom stereocenters. The van der Waals surface area contributed by atoms with E-state index in [1.54, 1.807) is 12.1 Å². The number of nitrogens with one attached hydrogen (secondary N) is 1. The minimum absolute atomic E-state index is 0.0656. The maximum absolute atomic E-state index is 12.1. The minimum atomic E-state index is -0.603. The smallest absolute Gasteiger partial charge is 0.272 e. The standard InChI is InChI=1S/C15H12N4O4/c16-10-5-9(6-11(7-10)19(21)22)15(20)17-8-14-18-12-3-1-2-4-13(12)23-14/h1-7H,8,16H2,(H,17,20). The van der Waals surface area contributed by atoms with Crippen molar-refractivity contribution in [3.63, 3.8) is 0 Å². The molecule has 23 heavy (non-hydrogen) atoms. The number of nitrogen functional groups attached to an aromatic ring is 1. The molecule has 0 aliphatic carbocycles. The molecule has 3 aromatic rings. The van der Waals surface area contributed by atoms with Crippen molar-refractivity contribution in [2.24, 2.45) is 0 Å². The SMILES string of the molecule is Nc1cc(C(=O)NCc2nc3ccccc3o2)cc([N+](=O)[O-])c1. The Hall–Kier alpha value is -3.42. The molecular formula is C15H12N4O4. The largest absolute Gasteiger partial charge is 0.439 e. The van der Waals surface area contributed by atoms with Crippen LogP contribution in [0.2, 0.25) is 0 Å². The highest BCUT2D eigenvalue weighted by atomic mass is 16.6. The van der Waals surface area contributed by atoms with Crippen LogP contribution in [0.1, 0.15) is 16.2 Å². The quantitative estimate of drug-likeness (QED) is 0.432. The molecule has 1 amide bonds.